The van der Waals surface area contributed by atoms with Gasteiger partial charge in [0.25, 0.3) is 0 Å². The topological polar surface area (TPSA) is 18.5 Å². The molecule has 0 radical (unpaired) electrons. The van der Waals surface area contributed by atoms with Gasteiger partial charge in [-0.2, -0.15) is 0 Å². The van der Waals surface area contributed by atoms with Crippen molar-refractivity contribution in [1.82, 2.24) is 0 Å². The van der Waals surface area contributed by atoms with Crippen LogP contribution >= 0.6 is 0 Å². The first-order valence-corrected chi connectivity index (χ1v) is 6.40. The van der Waals surface area contributed by atoms with Crippen molar-refractivity contribution >= 4 is 0 Å². The third-order valence-electron chi connectivity index (χ3n) is 2.20. The summed E-state index contributed by atoms with van der Waals surface area (Å²) in [5.74, 6) is 0. The summed E-state index contributed by atoms with van der Waals surface area (Å²) in [6.07, 6.45) is 6.51. The van der Waals surface area contributed by atoms with E-state index in [-0.39, 0.29) is 17.8 Å². The molecule has 0 saturated carbocycles. The van der Waals surface area contributed by atoms with Gasteiger partial charge in [0.15, 0.2) is 0 Å². The molecule has 0 fully saturated rings. The van der Waals surface area contributed by atoms with Gasteiger partial charge in [-0.1, -0.05) is 26.0 Å². The van der Waals surface area contributed by atoms with Crippen molar-refractivity contribution < 1.29 is 9.47 Å². The minimum absolute atomic E-state index is 0.0601. The van der Waals surface area contributed by atoms with Crippen LogP contribution in [0.1, 0.15) is 54.4 Å². The Morgan fingerprint density at radius 2 is 1.75 bits per heavy atom. The zero-order valence-electron chi connectivity index (χ0n) is 11.7. The van der Waals surface area contributed by atoms with E-state index in [1.165, 1.54) is 0 Å². The quantitative estimate of drug-likeness (QED) is 0.614. The zero-order valence-corrected chi connectivity index (χ0v) is 11.7. The van der Waals surface area contributed by atoms with Gasteiger partial charge >= 0.3 is 0 Å². The molecule has 96 valence electrons. The van der Waals surface area contributed by atoms with Gasteiger partial charge in [-0.05, 0) is 40.5 Å². The number of allylic oxidation sites excluding steroid dienone is 1. The Balaban J connectivity index is 4.56. The Kier molecular flexibility index (Phi) is 7.69. The van der Waals surface area contributed by atoms with Crippen molar-refractivity contribution in [3.05, 3.63) is 12.2 Å². The first-order chi connectivity index (χ1) is 7.44. The highest BCUT2D eigenvalue weighted by atomic mass is 16.6. The zero-order chi connectivity index (χ0) is 12.6. The van der Waals surface area contributed by atoms with Crippen molar-refractivity contribution in [2.75, 3.05) is 6.61 Å². The average molecular weight is 228 g/mol. The smallest absolute Gasteiger partial charge is 0.102 e. The van der Waals surface area contributed by atoms with Gasteiger partial charge in [0, 0.05) is 6.61 Å². The van der Waals surface area contributed by atoms with E-state index in [1.54, 1.807) is 0 Å². The molecule has 0 bridgehead atoms. The number of hydrogen-bond donors (Lipinski definition) is 0. The molecule has 0 spiro atoms. The Morgan fingerprint density at radius 1 is 1.12 bits per heavy atom. The van der Waals surface area contributed by atoms with Crippen LogP contribution in [0.2, 0.25) is 0 Å². The molecule has 0 amide bonds. The van der Waals surface area contributed by atoms with Gasteiger partial charge in [0.2, 0.25) is 0 Å². The molecule has 0 N–H and O–H groups in total. The molecule has 0 aliphatic heterocycles. The van der Waals surface area contributed by atoms with E-state index in [2.05, 4.69) is 46.8 Å². The second-order valence-corrected chi connectivity index (χ2v) is 4.93. The number of hydrogen-bond acceptors (Lipinski definition) is 2. The van der Waals surface area contributed by atoms with Gasteiger partial charge in [0.05, 0.1) is 11.7 Å². The normalized spacial score (nSPS) is 16.6. The summed E-state index contributed by atoms with van der Waals surface area (Å²) in [5.41, 5.74) is -0.132. The fraction of sp³-hybridized carbons (Fsp3) is 0.857. The molecule has 2 nitrogen and oxygen atoms in total. The first kappa shape index (κ1) is 15.7. The van der Waals surface area contributed by atoms with Crippen LogP contribution in [-0.2, 0) is 9.47 Å². The maximum atomic E-state index is 6.03. The van der Waals surface area contributed by atoms with Crippen LogP contribution in [0.3, 0.4) is 0 Å². The largest absolute Gasteiger partial charge is 0.375 e. The molecule has 0 aliphatic rings. The molecule has 2 heteroatoms. The molecule has 0 saturated heterocycles. The van der Waals surface area contributed by atoms with Gasteiger partial charge in [-0.15, -0.1) is 0 Å². The molecule has 16 heavy (non-hydrogen) atoms. The highest BCUT2D eigenvalue weighted by Crippen LogP contribution is 2.18. The monoisotopic (exact) mass is 228 g/mol. The van der Waals surface area contributed by atoms with Crippen LogP contribution in [0, 0.1) is 0 Å². The summed E-state index contributed by atoms with van der Waals surface area (Å²) in [5, 5.41) is 0. The summed E-state index contributed by atoms with van der Waals surface area (Å²) in [7, 11) is 0. The van der Waals surface area contributed by atoms with Gasteiger partial charge in [-0.3, -0.25) is 0 Å². The minimum Gasteiger partial charge on any atom is -0.375 e. The summed E-state index contributed by atoms with van der Waals surface area (Å²) in [4.78, 5) is 0. The van der Waals surface area contributed by atoms with Crippen LogP contribution in [0.25, 0.3) is 0 Å². The molecule has 2 unspecified atom stereocenters. The van der Waals surface area contributed by atoms with Gasteiger partial charge in [0.1, 0.15) is 6.10 Å². The first-order valence-electron chi connectivity index (χ1n) is 6.40. The van der Waals surface area contributed by atoms with Gasteiger partial charge < -0.3 is 9.47 Å². The van der Waals surface area contributed by atoms with E-state index >= 15 is 0 Å². The summed E-state index contributed by atoms with van der Waals surface area (Å²) >= 11 is 0. The Labute approximate surface area is 101 Å². The van der Waals surface area contributed by atoms with Crippen LogP contribution < -0.4 is 0 Å². The third kappa shape index (κ3) is 7.02. The lowest BCUT2D eigenvalue weighted by Gasteiger charge is -2.30. The van der Waals surface area contributed by atoms with Crippen LogP contribution in [0.5, 0.6) is 0 Å². The molecule has 0 aliphatic carbocycles. The molecule has 0 rings (SSSR count). The predicted octanol–water partition coefficient (Wildman–Crippen LogP) is 3.95. The van der Waals surface area contributed by atoms with Crippen molar-refractivity contribution in [3.8, 4) is 0 Å². The van der Waals surface area contributed by atoms with Crippen LogP contribution in [0.4, 0.5) is 0 Å². The van der Waals surface area contributed by atoms with Crippen molar-refractivity contribution in [1.29, 1.82) is 0 Å². The van der Waals surface area contributed by atoms with E-state index in [0.717, 1.165) is 19.4 Å². The van der Waals surface area contributed by atoms with Crippen LogP contribution in [0.15, 0.2) is 12.2 Å². The second-order valence-electron chi connectivity index (χ2n) is 4.93. The Bertz CT molecular complexity index is 191. The van der Waals surface area contributed by atoms with E-state index in [9.17, 15) is 0 Å². The molecule has 0 heterocycles. The summed E-state index contributed by atoms with van der Waals surface area (Å²) in [6, 6.07) is 0. The predicted molar refractivity (Wildman–Crippen MR) is 69.8 cm³/mol. The lowest BCUT2D eigenvalue weighted by molar-refractivity contribution is -0.107. The number of rotatable bonds is 7. The molecular weight excluding hydrogens is 200 g/mol. The van der Waals surface area contributed by atoms with Crippen molar-refractivity contribution in [3.63, 3.8) is 0 Å². The summed E-state index contributed by atoms with van der Waals surface area (Å²) < 4.78 is 11.8. The molecule has 2 atom stereocenters. The SMILES string of the molecule is CC/C=C/C(OC(C)(C)C)C(CC)OCC. The lowest BCUT2D eigenvalue weighted by atomic mass is 10.1. The highest BCUT2D eigenvalue weighted by Gasteiger charge is 2.23. The van der Waals surface area contributed by atoms with E-state index < -0.39 is 0 Å². The minimum atomic E-state index is -0.132. The average Bonchev–Trinajstić information content (AvgIpc) is 2.19. The molecule has 0 aromatic heterocycles. The second kappa shape index (κ2) is 7.86. The molecular formula is C14H28O2. The highest BCUT2D eigenvalue weighted by molar-refractivity contribution is 4.94. The van der Waals surface area contributed by atoms with Gasteiger partial charge in [-0.25, -0.2) is 0 Å². The third-order valence-corrected chi connectivity index (χ3v) is 2.20. The Hall–Kier alpha value is -0.340. The maximum absolute atomic E-state index is 6.03. The van der Waals surface area contributed by atoms with E-state index in [1.807, 2.05) is 6.92 Å². The standard InChI is InChI=1S/C14H28O2/c1-7-10-11-13(16-14(4,5)6)12(8-2)15-9-3/h10-13H,7-9H2,1-6H3/b11-10+. The van der Waals surface area contributed by atoms with Crippen molar-refractivity contribution in [2.45, 2.75) is 72.2 Å². The Morgan fingerprint density at radius 3 is 2.12 bits per heavy atom. The molecule has 0 aromatic carbocycles. The molecule has 0 aromatic rings. The maximum Gasteiger partial charge on any atom is 0.102 e. The van der Waals surface area contributed by atoms with Crippen LogP contribution in [-0.4, -0.2) is 24.4 Å². The van der Waals surface area contributed by atoms with Crippen molar-refractivity contribution in [2.24, 2.45) is 0 Å². The fourth-order valence-electron chi connectivity index (χ4n) is 1.58. The fourth-order valence-corrected chi connectivity index (χ4v) is 1.58. The number of ether oxygens (including phenoxy) is 2. The lowest BCUT2D eigenvalue weighted by Crippen LogP contribution is -2.36. The van der Waals surface area contributed by atoms with E-state index in [4.69, 9.17) is 9.47 Å². The summed E-state index contributed by atoms with van der Waals surface area (Å²) in [6.45, 7) is 13.3. The van der Waals surface area contributed by atoms with E-state index in [0.29, 0.717) is 0 Å².